The average molecular weight is 219 g/mol. The lowest BCUT2D eigenvalue weighted by Gasteiger charge is -1.88. The summed E-state index contributed by atoms with van der Waals surface area (Å²) >= 11 is 3.14. The molecule has 0 atom stereocenters. The van der Waals surface area contributed by atoms with Crippen molar-refractivity contribution in [1.29, 1.82) is 0 Å². The number of nitrogens with one attached hydrogen (secondary N) is 1. The Bertz CT molecular complexity index is 282. The number of carboxylic acids is 1. The highest BCUT2D eigenvalue weighted by Gasteiger charge is 2.14. The van der Waals surface area contributed by atoms with Gasteiger partial charge in [-0.3, -0.25) is 5.10 Å². The third kappa shape index (κ3) is 1.42. The van der Waals surface area contributed by atoms with E-state index in [-0.39, 0.29) is 5.69 Å². The van der Waals surface area contributed by atoms with Crippen molar-refractivity contribution < 1.29 is 9.90 Å². The molecule has 0 aromatic carbocycles. The van der Waals surface area contributed by atoms with Crippen LogP contribution in [0.4, 0.5) is 0 Å². The molecule has 60 valence electrons. The largest absolute Gasteiger partial charge is 0.476 e. The zero-order valence-electron chi connectivity index (χ0n) is 5.89. The number of carboxylic acid groups (broad SMARTS) is 1. The molecular formula is C6H7BrN2O2. The molecule has 0 saturated carbocycles. The van der Waals surface area contributed by atoms with Crippen LogP contribution >= 0.6 is 15.9 Å². The van der Waals surface area contributed by atoms with E-state index in [9.17, 15) is 4.79 Å². The Morgan fingerprint density at radius 1 is 1.82 bits per heavy atom. The minimum Gasteiger partial charge on any atom is -0.476 e. The van der Waals surface area contributed by atoms with Crippen molar-refractivity contribution in [1.82, 2.24) is 10.2 Å². The number of hydrogen-bond donors (Lipinski definition) is 2. The van der Waals surface area contributed by atoms with E-state index in [0.29, 0.717) is 4.47 Å². The second-order valence-electron chi connectivity index (χ2n) is 2.02. The van der Waals surface area contributed by atoms with Crippen molar-refractivity contribution in [3.05, 3.63) is 15.9 Å². The van der Waals surface area contributed by atoms with Gasteiger partial charge in [0.1, 0.15) is 0 Å². The maximum absolute atomic E-state index is 10.4. The molecule has 0 unspecified atom stereocenters. The number of rotatable bonds is 2. The highest BCUT2D eigenvalue weighted by Crippen LogP contribution is 2.18. The predicted octanol–water partition coefficient (Wildman–Crippen LogP) is 1.43. The quantitative estimate of drug-likeness (QED) is 0.790. The lowest BCUT2D eigenvalue weighted by Crippen LogP contribution is -1.97. The van der Waals surface area contributed by atoms with Crippen LogP contribution in [-0.4, -0.2) is 21.3 Å². The second kappa shape index (κ2) is 3.04. The van der Waals surface area contributed by atoms with E-state index < -0.39 is 5.97 Å². The van der Waals surface area contributed by atoms with Gasteiger partial charge >= 0.3 is 5.97 Å². The Labute approximate surface area is 71.7 Å². The summed E-state index contributed by atoms with van der Waals surface area (Å²) in [5.74, 6) is -1.02. The molecular weight excluding hydrogens is 212 g/mol. The van der Waals surface area contributed by atoms with Gasteiger partial charge in [-0.15, -0.1) is 0 Å². The normalized spacial score (nSPS) is 10.0. The number of halogens is 1. The highest BCUT2D eigenvalue weighted by atomic mass is 79.9. The fourth-order valence-corrected chi connectivity index (χ4v) is 1.37. The first-order chi connectivity index (χ1) is 5.16. The van der Waals surface area contributed by atoms with Gasteiger partial charge in [-0.25, -0.2) is 4.79 Å². The van der Waals surface area contributed by atoms with Crippen LogP contribution in [0.15, 0.2) is 4.47 Å². The number of aromatic nitrogens is 2. The van der Waals surface area contributed by atoms with Gasteiger partial charge in [0, 0.05) is 0 Å². The minimum atomic E-state index is -1.02. The standard InChI is InChI=1S/C6H7BrN2O2/c1-2-3-4(7)5(6(10)11)9-8-3/h2H2,1H3,(H,8,9)(H,10,11). The van der Waals surface area contributed by atoms with Crippen LogP contribution in [0.1, 0.15) is 23.1 Å². The first kappa shape index (κ1) is 8.26. The van der Waals surface area contributed by atoms with Crippen LogP contribution < -0.4 is 0 Å². The fourth-order valence-electron chi connectivity index (χ4n) is 0.740. The van der Waals surface area contributed by atoms with Gasteiger partial charge in [0.15, 0.2) is 5.69 Å². The van der Waals surface area contributed by atoms with E-state index >= 15 is 0 Å². The van der Waals surface area contributed by atoms with E-state index in [1.807, 2.05) is 6.92 Å². The molecule has 1 aromatic heterocycles. The summed E-state index contributed by atoms with van der Waals surface area (Å²) in [6.07, 6.45) is 0.737. The summed E-state index contributed by atoms with van der Waals surface area (Å²) in [4.78, 5) is 10.4. The van der Waals surface area contributed by atoms with Gasteiger partial charge in [0.05, 0.1) is 10.2 Å². The predicted molar refractivity (Wildman–Crippen MR) is 42.6 cm³/mol. The van der Waals surface area contributed by atoms with Crippen LogP contribution in [0.25, 0.3) is 0 Å². The van der Waals surface area contributed by atoms with Crippen molar-refractivity contribution in [2.24, 2.45) is 0 Å². The first-order valence-electron chi connectivity index (χ1n) is 3.12. The lowest BCUT2D eigenvalue weighted by atomic mass is 10.3. The number of nitrogens with zero attached hydrogens (tertiary/aromatic N) is 1. The molecule has 0 spiro atoms. The van der Waals surface area contributed by atoms with Crippen molar-refractivity contribution in [2.45, 2.75) is 13.3 Å². The monoisotopic (exact) mass is 218 g/mol. The molecule has 0 fully saturated rings. The average Bonchev–Trinajstić information content (AvgIpc) is 2.30. The molecule has 0 radical (unpaired) electrons. The van der Waals surface area contributed by atoms with Crippen LogP contribution in [-0.2, 0) is 6.42 Å². The zero-order valence-corrected chi connectivity index (χ0v) is 7.47. The molecule has 0 aliphatic carbocycles. The van der Waals surface area contributed by atoms with Gasteiger partial charge in [-0.05, 0) is 22.4 Å². The molecule has 2 N–H and O–H groups in total. The molecule has 1 heterocycles. The minimum absolute atomic E-state index is 0.0434. The van der Waals surface area contributed by atoms with Crippen molar-refractivity contribution in [2.75, 3.05) is 0 Å². The van der Waals surface area contributed by atoms with Crippen LogP contribution in [0.5, 0.6) is 0 Å². The Balaban J connectivity index is 3.10. The molecule has 1 aromatic rings. The molecule has 4 nitrogen and oxygen atoms in total. The molecule has 1 rings (SSSR count). The first-order valence-corrected chi connectivity index (χ1v) is 3.92. The maximum Gasteiger partial charge on any atom is 0.357 e. The summed E-state index contributed by atoms with van der Waals surface area (Å²) in [6, 6.07) is 0. The summed E-state index contributed by atoms with van der Waals surface area (Å²) in [5, 5.41) is 14.8. The number of aryl methyl sites for hydroxylation is 1. The molecule has 0 amide bonds. The molecule has 0 bridgehead atoms. The van der Waals surface area contributed by atoms with Crippen molar-refractivity contribution >= 4 is 21.9 Å². The third-order valence-electron chi connectivity index (χ3n) is 1.33. The van der Waals surface area contributed by atoms with Crippen LogP contribution in [0.3, 0.4) is 0 Å². The lowest BCUT2D eigenvalue weighted by molar-refractivity contribution is 0.0689. The highest BCUT2D eigenvalue weighted by molar-refractivity contribution is 9.10. The Morgan fingerprint density at radius 3 is 2.73 bits per heavy atom. The second-order valence-corrected chi connectivity index (χ2v) is 2.82. The van der Waals surface area contributed by atoms with Crippen molar-refractivity contribution in [3.8, 4) is 0 Å². The maximum atomic E-state index is 10.4. The Hall–Kier alpha value is -0.840. The summed E-state index contributed by atoms with van der Waals surface area (Å²) in [5.41, 5.74) is 0.851. The van der Waals surface area contributed by atoms with Crippen molar-refractivity contribution in [3.63, 3.8) is 0 Å². The van der Waals surface area contributed by atoms with E-state index in [4.69, 9.17) is 5.11 Å². The van der Waals surface area contributed by atoms with Gasteiger partial charge in [-0.1, -0.05) is 6.92 Å². The van der Waals surface area contributed by atoms with E-state index in [1.54, 1.807) is 0 Å². The van der Waals surface area contributed by atoms with E-state index in [2.05, 4.69) is 26.1 Å². The summed E-state index contributed by atoms with van der Waals surface area (Å²) < 4.78 is 0.549. The molecule has 0 aliphatic heterocycles. The smallest absolute Gasteiger partial charge is 0.357 e. The number of aromatic amines is 1. The molecule has 5 heteroatoms. The number of hydrogen-bond acceptors (Lipinski definition) is 2. The zero-order chi connectivity index (χ0) is 8.43. The number of H-pyrrole nitrogens is 1. The van der Waals surface area contributed by atoms with Crippen LogP contribution in [0.2, 0.25) is 0 Å². The SMILES string of the molecule is CCc1[nH]nc(C(=O)O)c1Br. The number of aromatic carboxylic acids is 1. The van der Waals surface area contributed by atoms with E-state index in [1.165, 1.54) is 0 Å². The molecule has 11 heavy (non-hydrogen) atoms. The van der Waals surface area contributed by atoms with Gasteiger partial charge < -0.3 is 5.11 Å². The molecule has 0 aliphatic rings. The molecule has 0 saturated heterocycles. The summed E-state index contributed by atoms with van der Waals surface area (Å²) in [6.45, 7) is 1.92. The third-order valence-corrected chi connectivity index (χ3v) is 2.19. The van der Waals surface area contributed by atoms with Gasteiger partial charge in [-0.2, -0.15) is 5.10 Å². The van der Waals surface area contributed by atoms with E-state index in [0.717, 1.165) is 12.1 Å². The number of carbonyl (C=O) groups is 1. The topological polar surface area (TPSA) is 66.0 Å². The Kier molecular flexibility index (Phi) is 2.28. The van der Waals surface area contributed by atoms with Crippen LogP contribution in [0, 0.1) is 0 Å². The Morgan fingerprint density at radius 2 is 2.45 bits per heavy atom. The summed E-state index contributed by atoms with van der Waals surface area (Å²) in [7, 11) is 0. The van der Waals surface area contributed by atoms with Gasteiger partial charge in [0.2, 0.25) is 0 Å². The fraction of sp³-hybridized carbons (Fsp3) is 0.333. The van der Waals surface area contributed by atoms with Gasteiger partial charge in [0.25, 0.3) is 0 Å².